The number of hydrogen-bond acceptors (Lipinski definition) is 3. The number of ether oxygens (including phenoxy) is 1. The van der Waals surface area contributed by atoms with Crippen LogP contribution < -0.4 is 9.16 Å². The van der Waals surface area contributed by atoms with Gasteiger partial charge in [-0.2, -0.15) is 0 Å². The van der Waals surface area contributed by atoms with Gasteiger partial charge in [0.25, 0.3) is 0 Å². The van der Waals surface area contributed by atoms with E-state index in [-0.39, 0.29) is 17.2 Å². The highest BCUT2D eigenvalue weighted by Gasteiger charge is 2.41. The molecule has 1 aliphatic carbocycles. The molecule has 3 nitrogen and oxygen atoms in total. The second-order valence-electron chi connectivity index (χ2n) is 11.7. The Morgan fingerprint density at radius 1 is 1.06 bits per heavy atom. The molecule has 198 valence electrons. The fourth-order valence-electron chi connectivity index (χ4n) is 4.85. The highest BCUT2D eigenvalue weighted by atomic mass is 28.4. The van der Waals surface area contributed by atoms with Gasteiger partial charge in [-0.3, -0.25) is 0 Å². The average Bonchev–Trinajstić information content (AvgIpc) is 3.18. The molecular weight excluding hydrogens is 464 g/mol. The van der Waals surface area contributed by atoms with Crippen LogP contribution in [-0.2, 0) is 4.43 Å². The molecule has 0 aromatic heterocycles. The van der Waals surface area contributed by atoms with Crippen LogP contribution >= 0.6 is 0 Å². The van der Waals surface area contributed by atoms with Crippen LogP contribution in [0.25, 0.3) is 0 Å². The van der Waals surface area contributed by atoms with Gasteiger partial charge in [-0.05, 0) is 73.2 Å². The van der Waals surface area contributed by atoms with Gasteiger partial charge in [0.05, 0.1) is 6.10 Å². The van der Waals surface area contributed by atoms with Crippen molar-refractivity contribution in [1.29, 1.82) is 0 Å². The molecule has 35 heavy (non-hydrogen) atoms. The van der Waals surface area contributed by atoms with Gasteiger partial charge in [0.15, 0.2) is 8.32 Å². The monoisotopic (exact) mass is 516 g/mol. The maximum absolute atomic E-state index is 6.99. The van der Waals surface area contributed by atoms with Gasteiger partial charge in [-0.1, -0.05) is 73.1 Å². The minimum Gasteiger partial charge on any atom is -0.543 e. The molecule has 1 aromatic rings. The van der Waals surface area contributed by atoms with Crippen LogP contribution in [0.5, 0.6) is 11.5 Å². The summed E-state index contributed by atoms with van der Waals surface area (Å²) in [6, 6.07) is 11.8. The number of hydrogen-bond donors (Lipinski definition) is 0. The van der Waals surface area contributed by atoms with Crippen LogP contribution in [0, 0.1) is 5.92 Å². The van der Waals surface area contributed by atoms with Crippen molar-refractivity contribution in [3.05, 3.63) is 48.6 Å². The molecule has 0 spiro atoms. The van der Waals surface area contributed by atoms with Crippen LogP contribution in [0.15, 0.2) is 48.6 Å². The lowest BCUT2D eigenvalue weighted by molar-refractivity contribution is 0.135. The van der Waals surface area contributed by atoms with Gasteiger partial charge in [0, 0.05) is 12.0 Å². The smallest absolute Gasteiger partial charge is 0.250 e. The van der Waals surface area contributed by atoms with E-state index in [4.69, 9.17) is 13.6 Å². The van der Waals surface area contributed by atoms with Crippen molar-refractivity contribution in [2.45, 2.75) is 123 Å². The summed E-state index contributed by atoms with van der Waals surface area (Å²) in [5.41, 5.74) is 1.40. The predicted octanol–water partition coefficient (Wildman–Crippen LogP) is 9.53. The van der Waals surface area contributed by atoms with Crippen molar-refractivity contribution in [1.82, 2.24) is 0 Å². The Bertz CT molecular complexity index is 828. The molecule has 5 heteroatoms. The van der Waals surface area contributed by atoms with Gasteiger partial charge >= 0.3 is 0 Å². The standard InChI is InChI=1S/C30H52O3Si2/c1-11-17-26-27(21-22-29(26)33-35(13-3,14-4)15-5)28(18-12-2)31-24-19-16-20-25(23-24)32-34(9,10)30(6,7)8/h11,16,19-21,23,26,28-29H,1,12-15,17-18,22H2,2-10H3. The lowest BCUT2D eigenvalue weighted by atomic mass is 9.90. The van der Waals surface area contributed by atoms with Crippen LogP contribution in [0.4, 0.5) is 0 Å². The zero-order valence-corrected chi connectivity index (χ0v) is 26.1. The maximum atomic E-state index is 6.99. The Morgan fingerprint density at radius 3 is 2.23 bits per heavy atom. The fraction of sp³-hybridized carbons (Fsp3) is 0.667. The Kier molecular flexibility index (Phi) is 10.9. The summed E-state index contributed by atoms with van der Waals surface area (Å²) in [5.74, 6) is 2.16. The van der Waals surface area contributed by atoms with Gasteiger partial charge in [0.1, 0.15) is 17.6 Å². The molecule has 1 aromatic carbocycles. The Labute approximate surface area is 218 Å². The van der Waals surface area contributed by atoms with Crippen molar-refractivity contribution >= 4 is 16.6 Å². The topological polar surface area (TPSA) is 27.7 Å². The van der Waals surface area contributed by atoms with Gasteiger partial charge in [-0.15, -0.1) is 6.58 Å². The Morgan fingerprint density at radius 2 is 1.69 bits per heavy atom. The van der Waals surface area contributed by atoms with Crippen molar-refractivity contribution in [3.63, 3.8) is 0 Å². The van der Waals surface area contributed by atoms with E-state index < -0.39 is 16.6 Å². The quantitative estimate of drug-likeness (QED) is 0.182. The molecule has 0 saturated carbocycles. The summed E-state index contributed by atoms with van der Waals surface area (Å²) in [4.78, 5) is 0. The van der Waals surface area contributed by atoms with Crippen molar-refractivity contribution in [2.24, 2.45) is 5.92 Å². The van der Waals surface area contributed by atoms with Crippen molar-refractivity contribution in [3.8, 4) is 11.5 Å². The SMILES string of the molecule is C=CCC1C(C(CCC)Oc2cccc(O[Si](C)(C)C(C)(C)C)c2)=CCC1O[Si](CC)(CC)CC. The van der Waals surface area contributed by atoms with Crippen LogP contribution in [-0.4, -0.2) is 28.8 Å². The highest BCUT2D eigenvalue weighted by Crippen LogP contribution is 2.41. The molecule has 2 rings (SSSR count). The van der Waals surface area contributed by atoms with Crippen LogP contribution in [0.1, 0.15) is 74.1 Å². The Balaban J connectivity index is 2.25. The summed E-state index contributed by atoms with van der Waals surface area (Å²) in [7, 11) is -3.58. The number of rotatable bonds is 14. The normalized spacial score (nSPS) is 19.9. The van der Waals surface area contributed by atoms with E-state index in [1.165, 1.54) is 23.7 Å². The summed E-state index contributed by atoms with van der Waals surface area (Å²) < 4.78 is 20.3. The van der Waals surface area contributed by atoms with Gasteiger partial charge in [-0.25, -0.2) is 0 Å². The molecule has 0 saturated heterocycles. The summed E-state index contributed by atoms with van der Waals surface area (Å²) in [6.45, 7) is 24.6. The van der Waals surface area contributed by atoms with Crippen molar-refractivity contribution in [2.75, 3.05) is 0 Å². The molecule has 0 bridgehead atoms. The molecule has 0 heterocycles. The first-order chi connectivity index (χ1) is 16.5. The summed E-state index contributed by atoms with van der Waals surface area (Å²) in [6.07, 6.45) is 8.79. The summed E-state index contributed by atoms with van der Waals surface area (Å²) >= 11 is 0. The van der Waals surface area contributed by atoms with Crippen molar-refractivity contribution < 1.29 is 13.6 Å². The van der Waals surface area contributed by atoms with E-state index in [0.29, 0.717) is 5.92 Å². The molecule has 3 atom stereocenters. The molecule has 0 N–H and O–H groups in total. The Hall–Kier alpha value is -1.31. The molecule has 3 unspecified atom stereocenters. The second-order valence-corrected chi connectivity index (χ2v) is 21.2. The zero-order chi connectivity index (χ0) is 26.3. The first kappa shape index (κ1) is 29.9. The third-order valence-corrected chi connectivity index (χ3v) is 17.4. The molecule has 0 fully saturated rings. The third kappa shape index (κ3) is 7.59. The molecule has 1 aliphatic rings. The van der Waals surface area contributed by atoms with Crippen LogP contribution in [0.2, 0.25) is 36.3 Å². The van der Waals surface area contributed by atoms with E-state index in [1.54, 1.807) is 0 Å². The molecule has 0 aliphatic heterocycles. The van der Waals surface area contributed by atoms with E-state index >= 15 is 0 Å². The molecular formula is C30H52O3Si2. The molecule has 0 amide bonds. The fourth-order valence-corrected chi connectivity index (χ4v) is 8.78. The average molecular weight is 517 g/mol. The largest absolute Gasteiger partial charge is 0.543 e. The second kappa shape index (κ2) is 12.8. The zero-order valence-electron chi connectivity index (χ0n) is 24.1. The van der Waals surface area contributed by atoms with E-state index in [2.05, 4.69) is 105 Å². The van der Waals surface area contributed by atoms with Crippen LogP contribution in [0.3, 0.4) is 0 Å². The minimum absolute atomic E-state index is 0.0580. The lowest BCUT2D eigenvalue weighted by Crippen LogP contribution is -2.43. The first-order valence-electron chi connectivity index (χ1n) is 13.9. The summed E-state index contributed by atoms with van der Waals surface area (Å²) in [5, 5.41) is 0.157. The lowest BCUT2D eigenvalue weighted by Gasteiger charge is -2.36. The van der Waals surface area contributed by atoms with E-state index in [1.807, 2.05) is 0 Å². The highest BCUT2D eigenvalue weighted by molar-refractivity contribution is 6.74. The minimum atomic E-state index is -1.90. The molecule has 0 radical (unpaired) electrons. The van der Waals surface area contributed by atoms with Gasteiger partial charge in [0.2, 0.25) is 8.32 Å². The first-order valence-corrected chi connectivity index (χ1v) is 19.3. The van der Waals surface area contributed by atoms with E-state index in [0.717, 1.165) is 37.2 Å². The third-order valence-electron chi connectivity index (χ3n) is 8.40. The van der Waals surface area contributed by atoms with E-state index in [9.17, 15) is 0 Å². The predicted molar refractivity (Wildman–Crippen MR) is 157 cm³/mol. The maximum Gasteiger partial charge on any atom is 0.250 e. The number of benzene rings is 1. The van der Waals surface area contributed by atoms with Gasteiger partial charge < -0.3 is 13.6 Å². The number of allylic oxidation sites excluding steroid dienone is 1.